The fourth-order valence-electron chi connectivity index (χ4n) is 7.46. The third-order valence-corrected chi connectivity index (χ3v) is 11.3. The zero-order valence-electron chi connectivity index (χ0n) is 40.2. The van der Waals surface area contributed by atoms with Crippen molar-refractivity contribution in [3.05, 3.63) is 48.6 Å². The molecule has 0 saturated carbocycles. The monoisotopic (exact) mass is 841 g/mol. The summed E-state index contributed by atoms with van der Waals surface area (Å²) >= 11 is 0. The molecule has 350 valence electrons. The van der Waals surface area contributed by atoms with Gasteiger partial charge >= 0.3 is 11.9 Å². The molecule has 0 radical (unpaired) electrons. The smallest absolute Gasteiger partial charge is 0.306 e. The summed E-state index contributed by atoms with van der Waals surface area (Å²) in [7, 11) is 0. The Morgan fingerprint density at radius 3 is 1.22 bits per heavy atom. The van der Waals surface area contributed by atoms with E-state index in [1.165, 1.54) is 161 Å². The maximum atomic E-state index is 12.8. The minimum absolute atomic E-state index is 0.0790. The van der Waals surface area contributed by atoms with Crippen LogP contribution in [0.3, 0.4) is 0 Å². The summed E-state index contributed by atoms with van der Waals surface area (Å²) in [5.74, 6) is -0.411. The van der Waals surface area contributed by atoms with Gasteiger partial charge in [0.2, 0.25) is 0 Å². The Bertz CT molecular complexity index is 997. The van der Waals surface area contributed by atoms with Crippen LogP contribution in [-0.4, -0.2) is 37.9 Å². The second kappa shape index (κ2) is 51.2. The molecule has 0 aromatic heterocycles. The number of hydrogen-bond donors (Lipinski definition) is 0. The molecule has 5 heteroatoms. The molecule has 1 atom stereocenters. The first-order valence-electron chi connectivity index (χ1n) is 26.2. The largest absolute Gasteiger partial charge is 0.462 e. The van der Waals surface area contributed by atoms with E-state index in [1.54, 1.807) is 0 Å². The summed E-state index contributed by atoms with van der Waals surface area (Å²) in [6.45, 7) is 7.72. The third kappa shape index (κ3) is 48.5. The molecule has 0 saturated heterocycles. The molecule has 0 spiro atoms. The molecule has 0 bridgehead atoms. The molecule has 0 aliphatic rings. The van der Waals surface area contributed by atoms with E-state index in [9.17, 15) is 9.59 Å². The van der Waals surface area contributed by atoms with E-state index in [4.69, 9.17) is 14.2 Å². The summed E-state index contributed by atoms with van der Waals surface area (Å²) in [4.78, 5) is 25.4. The molecule has 0 aromatic carbocycles. The molecule has 0 aromatic rings. The van der Waals surface area contributed by atoms with Gasteiger partial charge in [-0.3, -0.25) is 9.59 Å². The van der Waals surface area contributed by atoms with Gasteiger partial charge in [0.1, 0.15) is 6.61 Å². The zero-order valence-corrected chi connectivity index (χ0v) is 40.2. The van der Waals surface area contributed by atoms with Crippen LogP contribution in [0.15, 0.2) is 48.6 Å². The molecule has 5 nitrogen and oxygen atoms in total. The van der Waals surface area contributed by atoms with Gasteiger partial charge in [0.25, 0.3) is 0 Å². The molecule has 0 aliphatic carbocycles. The van der Waals surface area contributed by atoms with Gasteiger partial charge in [0.15, 0.2) is 6.10 Å². The van der Waals surface area contributed by atoms with Crippen molar-refractivity contribution in [3.63, 3.8) is 0 Å². The lowest BCUT2D eigenvalue weighted by molar-refractivity contribution is -0.163. The number of carbonyl (C=O) groups excluding carboxylic acids is 2. The summed E-state index contributed by atoms with van der Waals surface area (Å²) in [5.41, 5.74) is 0. The minimum atomic E-state index is -0.543. The number of hydrogen-bond acceptors (Lipinski definition) is 5. The predicted octanol–water partition coefficient (Wildman–Crippen LogP) is 17.6. The first-order chi connectivity index (χ1) is 29.6. The Labute approximate surface area is 373 Å². The van der Waals surface area contributed by atoms with Gasteiger partial charge < -0.3 is 14.2 Å². The van der Waals surface area contributed by atoms with E-state index in [2.05, 4.69) is 69.4 Å². The summed E-state index contributed by atoms with van der Waals surface area (Å²) < 4.78 is 17.4. The van der Waals surface area contributed by atoms with Crippen LogP contribution in [0.2, 0.25) is 0 Å². The fraction of sp³-hybridized carbons (Fsp3) is 0.818. The Morgan fingerprint density at radius 1 is 0.383 bits per heavy atom. The van der Waals surface area contributed by atoms with E-state index in [1.807, 2.05) is 0 Å². The highest BCUT2D eigenvalue weighted by Crippen LogP contribution is 2.15. The second-order valence-corrected chi connectivity index (χ2v) is 17.4. The topological polar surface area (TPSA) is 61.8 Å². The average molecular weight is 841 g/mol. The highest BCUT2D eigenvalue weighted by Gasteiger charge is 2.17. The SMILES string of the molecule is CC/C=C\C/C=C\C/C=C\CCCCCCCC(=O)OC(COCCCCCCCCCCCCCC)COC(=O)CCCCCCCCC/C=C\CCCCCCCC. The van der Waals surface area contributed by atoms with Crippen molar-refractivity contribution in [2.75, 3.05) is 19.8 Å². The molecule has 1 unspecified atom stereocenters. The summed E-state index contributed by atoms with van der Waals surface area (Å²) in [5, 5.41) is 0. The maximum Gasteiger partial charge on any atom is 0.306 e. The van der Waals surface area contributed by atoms with Crippen molar-refractivity contribution >= 4 is 11.9 Å². The molecule has 0 heterocycles. The average Bonchev–Trinajstić information content (AvgIpc) is 3.25. The normalized spacial score (nSPS) is 12.5. The van der Waals surface area contributed by atoms with Crippen LogP contribution in [0.1, 0.15) is 265 Å². The Balaban J connectivity index is 4.26. The van der Waals surface area contributed by atoms with Crippen molar-refractivity contribution in [3.8, 4) is 0 Å². The fourth-order valence-corrected chi connectivity index (χ4v) is 7.46. The molecular formula is C55H100O5. The van der Waals surface area contributed by atoms with Gasteiger partial charge in [-0.2, -0.15) is 0 Å². The van der Waals surface area contributed by atoms with Gasteiger partial charge in [-0.15, -0.1) is 0 Å². The van der Waals surface area contributed by atoms with Gasteiger partial charge in [-0.05, 0) is 77.0 Å². The van der Waals surface area contributed by atoms with Crippen molar-refractivity contribution in [1.82, 2.24) is 0 Å². The third-order valence-electron chi connectivity index (χ3n) is 11.3. The predicted molar refractivity (Wildman–Crippen MR) is 261 cm³/mol. The molecule has 0 rings (SSSR count). The van der Waals surface area contributed by atoms with E-state index >= 15 is 0 Å². The summed E-state index contributed by atoms with van der Waals surface area (Å²) in [6.07, 6.45) is 62.6. The second-order valence-electron chi connectivity index (χ2n) is 17.4. The first-order valence-corrected chi connectivity index (χ1v) is 26.2. The van der Waals surface area contributed by atoms with Crippen molar-refractivity contribution in [2.45, 2.75) is 271 Å². The number of rotatable bonds is 48. The number of unbranched alkanes of at least 4 members (excludes halogenated alkanes) is 29. The van der Waals surface area contributed by atoms with Crippen LogP contribution >= 0.6 is 0 Å². The van der Waals surface area contributed by atoms with Crippen molar-refractivity contribution in [1.29, 1.82) is 0 Å². The highest BCUT2D eigenvalue weighted by atomic mass is 16.6. The van der Waals surface area contributed by atoms with E-state index < -0.39 is 6.10 Å². The van der Waals surface area contributed by atoms with Crippen LogP contribution in [0.5, 0.6) is 0 Å². The molecular weight excluding hydrogens is 741 g/mol. The molecule has 0 N–H and O–H groups in total. The Hall–Kier alpha value is -2.14. The number of ether oxygens (including phenoxy) is 3. The number of carbonyl (C=O) groups is 2. The lowest BCUT2D eigenvalue weighted by Crippen LogP contribution is -2.30. The molecule has 0 amide bonds. The lowest BCUT2D eigenvalue weighted by atomic mass is 10.1. The van der Waals surface area contributed by atoms with E-state index in [0.29, 0.717) is 19.4 Å². The minimum Gasteiger partial charge on any atom is -0.462 e. The number of esters is 2. The molecule has 0 aliphatic heterocycles. The van der Waals surface area contributed by atoms with Crippen LogP contribution in [0.4, 0.5) is 0 Å². The van der Waals surface area contributed by atoms with E-state index in [-0.39, 0.29) is 25.2 Å². The van der Waals surface area contributed by atoms with Gasteiger partial charge in [0, 0.05) is 19.4 Å². The van der Waals surface area contributed by atoms with Crippen LogP contribution in [0, 0.1) is 0 Å². The lowest BCUT2D eigenvalue weighted by Gasteiger charge is -2.18. The Kier molecular flexibility index (Phi) is 49.4. The number of allylic oxidation sites excluding steroid dienone is 8. The van der Waals surface area contributed by atoms with Gasteiger partial charge in [0.05, 0.1) is 6.61 Å². The highest BCUT2D eigenvalue weighted by molar-refractivity contribution is 5.70. The standard InChI is InChI=1S/C55H100O5/c1-4-7-10-13-16-19-22-25-27-28-30-31-33-36-39-42-45-48-54(56)59-52-53(51-58-50-47-44-41-38-35-24-21-18-15-12-9-6-3)60-55(57)49-46-43-40-37-34-32-29-26-23-20-17-14-11-8-5-2/h8,11,17,20,25-27,29,53H,4-7,9-10,12-16,18-19,21-24,28,30-52H2,1-3H3/b11-8-,20-17-,27-25-,29-26-. The summed E-state index contributed by atoms with van der Waals surface area (Å²) in [6, 6.07) is 0. The zero-order chi connectivity index (χ0) is 43.5. The van der Waals surface area contributed by atoms with Gasteiger partial charge in [-0.25, -0.2) is 0 Å². The van der Waals surface area contributed by atoms with Crippen LogP contribution in [-0.2, 0) is 23.8 Å². The molecule has 60 heavy (non-hydrogen) atoms. The quantitative estimate of drug-likeness (QED) is 0.0347. The van der Waals surface area contributed by atoms with Crippen molar-refractivity contribution in [2.24, 2.45) is 0 Å². The van der Waals surface area contributed by atoms with Crippen molar-refractivity contribution < 1.29 is 23.8 Å². The molecule has 0 fully saturated rings. The maximum absolute atomic E-state index is 12.8. The first kappa shape index (κ1) is 57.9. The van der Waals surface area contributed by atoms with Gasteiger partial charge in [-0.1, -0.05) is 223 Å². The Morgan fingerprint density at radius 2 is 0.750 bits per heavy atom. The van der Waals surface area contributed by atoms with Crippen LogP contribution < -0.4 is 0 Å². The van der Waals surface area contributed by atoms with Crippen LogP contribution in [0.25, 0.3) is 0 Å². The van der Waals surface area contributed by atoms with E-state index in [0.717, 1.165) is 70.6 Å².